The van der Waals surface area contributed by atoms with Gasteiger partial charge in [0.1, 0.15) is 5.82 Å². The number of carbonyl (C=O) groups is 2. The third-order valence-electron chi connectivity index (χ3n) is 6.13. The maximum absolute atomic E-state index is 13.6. The zero-order valence-corrected chi connectivity index (χ0v) is 19.7. The van der Waals surface area contributed by atoms with E-state index < -0.39 is 5.92 Å². The summed E-state index contributed by atoms with van der Waals surface area (Å²) in [5, 5.41) is 7.66. The Labute approximate surface area is 193 Å². The van der Waals surface area contributed by atoms with Crippen LogP contribution in [0.3, 0.4) is 0 Å². The van der Waals surface area contributed by atoms with Crippen LogP contribution >= 0.6 is 0 Å². The number of fused-ring (bicyclic) bond motifs is 1. The number of aromatic nitrogens is 2. The van der Waals surface area contributed by atoms with Crippen LogP contribution in [0.15, 0.2) is 36.4 Å². The zero-order chi connectivity index (χ0) is 23.7. The summed E-state index contributed by atoms with van der Waals surface area (Å²) in [7, 11) is 1.55. The van der Waals surface area contributed by atoms with Gasteiger partial charge in [-0.05, 0) is 62.6 Å². The van der Waals surface area contributed by atoms with Crippen molar-refractivity contribution in [1.82, 2.24) is 9.78 Å². The number of ketones is 1. The first kappa shape index (κ1) is 22.6. The van der Waals surface area contributed by atoms with E-state index in [4.69, 9.17) is 14.6 Å². The molecule has 0 fully saturated rings. The lowest BCUT2D eigenvalue weighted by atomic mass is 9.85. The van der Waals surface area contributed by atoms with Crippen molar-refractivity contribution in [3.63, 3.8) is 0 Å². The number of nitrogens with zero attached hydrogens (tertiary/aromatic N) is 2. The van der Waals surface area contributed by atoms with Crippen LogP contribution in [0.1, 0.15) is 58.4 Å². The Kier molecular flexibility index (Phi) is 6.22. The highest BCUT2D eigenvalue weighted by Gasteiger charge is 2.36. The lowest BCUT2D eigenvalue weighted by Crippen LogP contribution is -2.28. The minimum absolute atomic E-state index is 0.0710. The molecule has 172 valence electrons. The van der Waals surface area contributed by atoms with Gasteiger partial charge in [0.15, 0.2) is 17.3 Å². The first-order valence-corrected chi connectivity index (χ1v) is 11.2. The molecule has 1 N–H and O–H groups in total. The van der Waals surface area contributed by atoms with Crippen LogP contribution in [-0.2, 0) is 4.79 Å². The number of nitrogens with one attached hydrogen (secondary N) is 1. The topological polar surface area (TPSA) is 82.5 Å². The van der Waals surface area contributed by atoms with E-state index in [1.807, 2.05) is 45.9 Å². The molecule has 0 saturated heterocycles. The average molecular weight is 448 g/mol. The van der Waals surface area contributed by atoms with Crippen LogP contribution in [0.2, 0.25) is 0 Å². The maximum Gasteiger partial charge on any atom is 0.226 e. The number of rotatable bonds is 7. The fraction of sp³-hybridized carbons (Fsp3) is 0.346. The van der Waals surface area contributed by atoms with Gasteiger partial charge in [-0.2, -0.15) is 5.10 Å². The van der Waals surface area contributed by atoms with Gasteiger partial charge in [-0.1, -0.05) is 19.1 Å². The van der Waals surface area contributed by atoms with E-state index in [-0.39, 0.29) is 18.1 Å². The van der Waals surface area contributed by atoms with Crippen LogP contribution in [0.5, 0.6) is 11.5 Å². The molecule has 7 heteroatoms. The highest BCUT2D eigenvalue weighted by molar-refractivity contribution is 6.08. The van der Waals surface area contributed by atoms with Gasteiger partial charge in [-0.3, -0.25) is 9.59 Å². The average Bonchev–Trinajstić information content (AvgIpc) is 3.14. The predicted molar refractivity (Wildman–Crippen MR) is 127 cm³/mol. The van der Waals surface area contributed by atoms with Crippen LogP contribution < -0.4 is 14.8 Å². The Hall–Kier alpha value is -3.61. The lowest BCUT2D eigenvalue weighted by Gasteiger charge is -2.24. The zero-order valence-electron chi connectivity index (χ0n) is 19.7. The van der Waals surface area contributed by atoms with Crippen molar-refractivity contribution < 1.29 is 19.1 Å². The van der Waals surface area contributed by atoms with Crippen molar-refractivity contribution >= 4 is 17.5 Å². The molecule has 1 amide bonds. The first-order valence-electron chi connectivity index (χ1n) is 11.2. The Balaban J connectivity index is 1.76. The molecule has 2 aromatic carbocycles. The molecule has 7 nitrogen and oxygen atoms in total. The molecular weight excluding hydrogens is 418 g/mol. The van der Waals surface area contributed by atoms with Crippen LogP contribution in [0.4, 0.5) is 5.82 Å². The fourth-order valence-electron chi connectivity index (χ4n) is 4.26. The molecule has 4 rings (SSSR count). The molecule has 1 atom stereocenters. The van der Waals surface area contributed by atoms with Crippen molar-refractivity contribution in [2.75, 3.05) is 19.0 Å². The normalized spacial score (nSPS) is 15.1. The van der Waals surface area contributed by atoms with E-state index in [1.165, 1.54) is 0 Å². The molecule has 2 heterocycles. The third kappa shape index (κ3) is 4.11. The molecule has 1 aliphatic heterocycles. The Morgan fingerprint density at radius 1 is 1.18 bits per heavy atom. The van der Waals surface area contributed by atoms with Crippen molar-refractivity contribution in [2.45, 2.75) is 46.5 Å². The van der Waals surface area contributed by atoms with Gasteiger partial charge in [0.25, 0.3) is 0 Å². The standard InChI is InChI=1S/C26H29N3O4/c1-6-12-33-21-11-10-18(13-22(21)32-5)25(31)19-14-23(30)27-26-24(19)17(4)28-29(26)20-9-7-8-15(2)16(20)3/h7-11,13,19H,6,12,14H2,1-5H3,(H,27,30). The van der Waals surface area contributed by atoms with Gasteiger partial charge >= 0.3 is 0 Å². The SMILES string of the molecule is CCCOc1ccc(C(=O)C2CC(=O)Nc3c2c(C)nn3-c2cccc(C)c2C)cc1OC. The van der Waals surface area contributed by atoms with Crippen LogP contribution in [0.25, 0.3) is 5.69 Å². The molecule has 1 unspecified atom stereocenters. The second-order valence-corrected chi connectivity index (χ2v) is 8.36. The Bertz CT molecular complexity index is 1230. The monoisotopic (exact) mass is 447 g/mol. The number of anilines is 1. The van der Waals surface area contributed by atoms with Crippen molar-refractivity contribution in [3.8, 4) is 17.2 Å². The summed E-state index contributed by atoms with van der Waals surface area (Å²) in [4.78, 5) is 26.3. The number of hydrogen-bond acceptors (Lipinski definition) is 5. The maximum atomic E-state index is 13.6. The summed E-state index contributed by atoms with van der Waals surface area (Å²) in [6.45, 7) is 8.52. The van der Waals surface area contributed by atoms with E-state index in [0.717, 1.165) is 34.5 Å². The van der Waals surface area contributed by atoms with Gasteiger partial charge in [-0.25, -0.2) is 4.68 Å². The van der Waals surface area contributed by atoms with E-state index in [2.05, 4.69) is 5.32 Å². The molecule has 0 aliphatic carbocycles. The number of aryl methyl sites for hydroxylation is 2. The summed E-state index contributed by atoms with van der Waals surface area (Å²) in [5.74, 6) is 0.678. The van der Waals surface area contributed by atoms with Crippen LogP contribution in [0, 0.1) is 20.8 Å². The number of Topliss-reactive ketones (excluding diaryl/α,β-unsaturated/α-hetero) is 1. The highest BCUT2D eigenvalue weighted by Crippen LogP contribution is 2.40. The number of amides is 1. The summed E-state index contributed by atoms with van der Waals surface area (Å²) in [5.41, 5.74) is 5.02. The number of methoxy groups -OCH3 is 1. The molecule has 0 saturated carbocycles. The number of ether oxygens (including phenoxy) is 2. The highest BCUT2D eigenvalue weighted by atomic mass is 16.5. The van der Waals surface area contributed by atoms with Gasteiger partial charge in [-0.15, -0.1) is 0 Å². The van der Waals surface area contributed by atoms with E-state index in [0.29, 0.717) is 29.5 Å². The summed E-state index contributed by atoms with van der Waals surface area (Å²) >= 11 is 0. The number of carbonyl (C=O) groups excluding carboxylic acids is 2. The van der Waals surface area contributed by atoms with E-state index >= 15 is 0 Å². The molecule has 33 heavy (non-hydrogen) atoms. The van der Waals surface area contributed by atoms with Gasteiger partial charge in [0, 0.05) is 17.5 Å². The summed E-state index contributed by atoms with van der Waals surface area (Å²) < 4.78 is 12.9. The molecule has 0 bridgehead atoms. The molecule has 1 aliphatic rings. The minimum atomic E-state index is -0.625. The van der Waals surface area contributed by atoms with Gasteiger partial charge in [0.2, 0.25) is 5.91 Å². The van der Waals surface area contributed by atoms with Gasteiger partial charge < -0.3 is 14.8 Å². The molecule has 0 radical (unpaired) electrons. The summed E-state index contributed by atoms with van der Waals surface area (Å²) in [6, 6.07) is 11.1. The Morgan fingerprint density at radius 3 is 2.70 bits per heavy atom. The largest absolute Gasteiger partial charge is 0.493 e. The van der Waals surface area contributed by atoms with Gasteiger partial charge in [0.05, 0.1) is 31.0 Å². The quantitative estimate of drug-likeness (QED) is 0.521. The molecule has 1 aromatic heterocycles. The lowest BCUT2D eigenvalue weighted by molar-refractivity contribution is -0.116. The van der Waals surface area contributed by atoms with E-state index in [1.54, 1.807) is 30.0 Å². The predicted octanol–water partition coefficient (Wildman–Crippen LogP) is 4.90. The molecule has 3 aromatic rings. The number of benzene rings is 2. The van der Waals surface area contributed by atoms with Crippen LogP contribution in [-0.4, -0.2) is 35.2 Å². The first-order chi connectivity index (χ1) is 15.8. The second-order valence-electron chi connectivity index (χ2n) is 8.36. The smallest absolute Gasteiger partial charge is 0.226 e. The van der Waals surface area contributed by atoms with Crippen molar-refractivity contribution in [1.29, 1.82) is 0 Å². The third-order valence-corrected chi connectivity index (χ3v) is 6.13. The molecular formula is C26H29N3O4. The van der Waals surface area contributed by atoms with Crippen molar-refractivity contribution in [3.05, 3.63) is 64.3 Å². The molecule has 0 spiro atoms. The summed E-state index contributed by atoms with van der Waals surface area (Å²) in [6.07, 6.45) is 0.940. The van der Waals surface area contributed by atoms with E-state index in [9.17, 15) is 9.59 Å². The second kappa shape index (κ2) is 9.10. The minimum Gasteiger partial charge on any atom is -0.493 e. The van der Waals surface area contributed by atoms with Crippen molar-refractivity contribution in [2.24, 2.45) is 0 Å². The Morgan fingerprint density at radius 2 is 1.97 bits per heavy atom. The fourth-order valence-corrected chi connectivity index (χ4v) is 4.26. The number of hydrogen-bond donors (Lipinski definition) is 1.